The van der Waals surface area contributed by atoms with Crippen molar-refractivity contribution >= 4 is 29.0 Å². The number of nitrogens with one attached hydrogen (secondary N) is 1. The van der Waals surface area contributed by atoms with Crippen LogP contribution in [0.4, 0.5) is 5.82 Å². The molecule has 0 aromatic carbocycles. The number of anilines is 1. The van der Waals surface area contributed by atoms with Gasteiger partial charge >= 0.3 is 0 Å². The van der Waals surface area contributed by atoms with Gasteiger partial charge in [-0.1, -0.05) is 18.5 Å². The lowest BCUT2D eigenvalue weighted by molar-refractivity contribution is 0.479. The van der Waals surface area contributed by atoms with E-state index in [2.05, 4.69) is 24.1 Å². The van der Waals surface area contributed by atoms with Crippen LogP contribution in [0.3, 0.4) is 0 Å². The third-order valence-electron chi connectivity index (χ3n) is 2.58. The molecule has 1 N–H and O–H groups in total. The minimum atomic E-state index is 0.00256. The normalized spacial score (nSPS) is 14.7. The van der Waals surface area contributed by atoms with E-state index in [9.17, 15) is 0 Å². The fourth-order valence-electron chi connectivity index (χ4n) is 1.30. The largest absolute Gasteiger partial charge is 0.365 e. The van der Waals surface area contributed by atoms with Gasteiger partial charge in [-0.3, -0.25) is 0 Å². The summed E-state index contributed by atoms with van der Waals surface area (Å²) in [5.74, 6) is 1.49. The molecule has 1 heterocycles. The summed E-state index contributed by atoms with van der Waals surface area (Å²) in [6.07, 6.45) is 3.56. The van der Waals surface area contributed by atoms with Gasteiger partial charge in [0.25, 0.3) is 0 Å². The monoisotopic (exact) mass is 246 g/mol. The molecule has 84 valence electrons. The van der Waals surface area contributed by atoms with E-state index in [0.717, 1.165) is 18.7 Å². The van der Waals surface area contributed by atoms with Crippen LogP contribution >= 0.6 is 23.2 Å². The van der Waals surface area contributed by atoms with Crippen molar-refractivity contribution in [2.75, 3.05) is 11.2 Å². The molecule has 0 saturated carbocycles. The molecule has 0 saturated heterocycles. The maximum Gasteiger partial charge on any atom is 0.126 e. The molecule has 1 atom stereocenters. The van der Waals surface area contributed by atoms with Crippen molar-refractivity contribution in [3.63, 3.8) is 0 Å². The molecule has 0 spiro atoms. The Hall–Kier alpha value is -0.470. The molecule has 1 rings (SSSR count). The van der Waals surface area contributed by atoms with Crippen molar-refractivity contribution in [1.29, 1.82) is 0 Å². The SMILES string of the molecule is CCC(C)(CCCl)Nc1ccc(Cl)cn1. The molecule has 0 radical (unpaired) electrons. The van der Waals surface area contributed by atoms with E-state index in [4.69, 9.17) is 23.2 Å². The lowest BCUT2D eigenvalue weighted by atomic mass is 9.95. The first-order chi connectivity index (χ1) is 7.09. The molecule has 0 bridgehead atoms. The van der Waals surface area contributed by atoms with Crippen LogP contribution in [0.1, 0.15) is 26.7 Å². The summed E-state index contributed by atoms with van der Waals surface area (Å²) < 4.78 is 0. The van der Waals surface area contributed by atoms with E-state index < -0.39 is 0 Å². The Balaban J connectivity index is 2.70. The van der Waals surface area contributed by atoms with E-state index in [0.29, 0.717) is 10.9 Å². The van der Waals surface area contributed by atoms with Crippen LogP contribution in [0, 0.1) is 0 Å². The minimum Gasteiger partial charge on any atom is -0.365 e. The third-order valence-corrected chi connectivity index (χ3v) is 3.00. The Bertz CT molecular complexity index is 300. The maximum absolute atomic E-state index is 5.77. The smallest absolute Gasteiger partial charge is 0.126 e. The van der Waals surface area contributed by atoms with Crippen LogP contribution in [0.5, 0.6) is 0 Å². The number of halogens is 2. The van der Waals surface area contributed by atoms with E-state index in [1.165, 1.54) is 0 Å². The second-order valence-electron chi connectivity index (χ2n) is 3.84. The van der Waals surface area contributed by atoms with Crippen LogP contribution < -0.4 is 5.32 Å². The zero-order valence-corrected chi connectivity index (χ0v) is 10.6. The van der Waals surface area contributed by atoms with Gasteiger partial charge in [0, 0.05) is 17.6 Å². The predicted octanol–water partition coefficient (Wildman–Crippen LogP) is 3.94. The van der Waals surface area contributed by atoms with Crippen LogP contribution in [0.15, 0.2) is 18.3 Å². The zero-order chi connectivity index (χ0) is 11.3. The third kappa shape index (κ3) is 3.88. The number of alkyl halides is 1. The second kappa shape index (κ2) is 5.57. The Kier molecular flexibility index (Phi) is 4.68. The summed E-state index contributed by atoms with van der Waals surface area (Å²) in [5, 5.41) is 4.03. The first-order valence-electron chi connectivity index (χ1n) is 5.05. The molecule has 1 aromatic heterocycles. The Morgan fingerprint density at radius 3 is 2.67 bits per heavy atom. The van der Waals surface area contributed by atoms with Crippen molar-refractivity contribution in [2.24, 2.45) is 0 Å². The highest BCUT2D eigenvalue weighted by Crippen LogP contribution is 2.21. The maximum atomic E-state index is 5.77. The highest BCUT2D eigenvalue weighted by Gasteiger charge is 2.21. The van der Waals surface area contributed by atoms with Gasteiger partial charge in [-0.05, 0) is 31.9 Å². The molecule has 0 aliphatic rings. The van der Waals surface area contributed by atoms with Gasteiger partial charge in [0.05, 0.1) is 5.02 Å². The van der Waals surface area contributed by atoms with Crippen molar-refractivity contribution in [1.82, 2.24) is 4.98 Å². The van der Waals surface area contributed by atoms with Crippen molar-refractivity contribution < 1.29 is 0 Å². The van der Waals surface area contributed by atoms with Gasteiger partial charge in [0.2, 0.25) is 0 Å². The van der Waals surface area contributed by atoms with E-state index in [1.54, 1.807) is 6.20 Å². The molecular weight excluding hydrogens is 231 g/mol. The quantitative estimate of drug-likeness (QED) is 0.797. The molecule has 4 heteroatoms. The van der Waals surface area contributed by atoms with Crippen LogP contribution in [-0.2, 0) is 0 Å². The Morgan fingerprint density at radius 2 is 2.20 bits per heavy atom. The van der Waals surface area contributed by atoms with Gasteiger partial charge in [-0.2, -0.15) is 0 Å². The topological polar surface area (TPSA) is 24.9 Å². The second-order valence-corrected chi connectivity index (χ2v) is 4.65. The van der Waals surface area contributed by atoms with Gasteiger partial charge in [0.1, 0.15) is 5.82 Å². The van der Waals surface area contributed by atoms with E-state index in [1.807, 2.05) is 12.1 Å². The van der Waals surface area contributed by atoms with E-state index >= 15 is 0 Å². The lowest BCUT2D eigenvalue weighted by Gasteiger charge is -2.29. The van der Waals surface area contributed by atoms with Crippen LogP contribution in [0.25, 0.3) is 0 Å². The average molecular weight is 247 g/mol. The van der Waals surface area contributed by atoms with Crippen LogP contribution in [-0.4, -0.2) is 16.4 Å². The molecular formula is C11H16Cl2N2. The van der Waals surface area contributed by atoms with E-state index in [-0.39, 0.29) is 5.54 Å². The molecule has 0 aliphatic carbocycles. The highest BCUT2D eigenvalue weighted by molar-refractivity contribution is 6.30. The van der Waals surface area contributed by atoms with Gasteiger partial charge in [-0.15, -0.1) is 11.6 Å². The van der Waals surface area contributed by atoms with Gasteiger partial charge in [-0.25, -0.2) is 4.98 Å². The fraction of sp³-hybridized carbons (Fsp3) is 0.545. The molecule has 15 heavy (non-hydrogen) atoms. The zero-order valence-electron chi connectivity index (χ0n) is 9.06. The lowest BCUT2D eigenvalue weighted by Crippen LogP contribution is -2.34. The van der Waals surface area contributed by atoms with Crippen molar-refractivity contribution in [3.05, 3.63) is 23.4 Å². The summed E-state index contributed by atoms with van der Waals surface area (Å²) in [6.45, 7) is 4.28. The highest BCUT2D eigenvalue weighted by atomic mass is 35.5. The molecule has 2 nitrogen and oxygen atoms in total. The van der Waals surface area contributed by atoms with Crippen molar-refractivity contribution in [2.45, 2.75) is 32.2 Å². The Labute approximate surface area is 101 Å². The summed E-state index contributed by atoms with van der Waals surface area (Å²) in [6, 6.07) is 3.71. The number of hydrogen-bond acceptors (Lipinski definition) is 2. The predicted molar refractivity (Wildman–Crippen MR) is 66.9 cm³/mol. The van der Waals surface area contributed by atoms with Crippen LogP contribution in [0.2, 0.25) is 5.02 Å². The van der Waals surface area contributed by atoms with Gasteiger partial charge < -0.3 is 5.32 Å². The summed E-state index contributed by atoms with van der Waals surface area (Å²) in [5.41, 5.74) is 0.00256. The Morgan fingerprint density at radius 1 is 1.47 bits per heavy atom. The number of pyridine rings is 1. The molecule has 1 unspecified atom stereocenters. The first-order valence-corrected chi connectivity index (χ1v) is 5.96. The molecule has 0 amide bonds. The van der Waals surface area contributed by atoms with Gasteiger partial charge in [0.15, 0.2) is 0 Å². The number of hydrogen-bond donors (Lipinski definition) is 1. The summed E-state index contributed by atoms with van der Waals surface area (Å²) in [4.78, 5) is 4.21. The average Bonchev–Trinajstić information content (AvgIpc) is 2.22. The number of aromatic nitrogens is 1. The summed E-state index contributed by atoms with van der Waals surface area (Å²) in [7, 11) is 0. The molecule has 0 aliphatic heterocycles. The fourth-order valence-corrected chi connectivity index (χ4v) is 1.82. The van der Waals surface area contributed by atoms with Crippen molar-refractivity contribution in [3.8, 4) is 0 Å². The molecule has 0 fully saturated rings. The minimum absolute atomic E-state index is 0.00256. The number of nitrogens with zero attached hydrogens (tertiary/aromatic N) is 1. The summed E-state index contributed by atoms with van der Waals surface area (Å²) >= 11 is 11.5. The standard InChI is InChI=1S/C11H16Cl2N2/c1-3-11(2,6-7-12)15-10-5-4-9(13)8-14-10/h4-5,8H,3,6-7H2,1-2H3,(H,14,15). The number of rotatable bonds is 5. The first kappa shape index (κ1) is 12.6. The molecule has 1 aromatic rings.